The number of hydrogen-bond donors (Lipinski definition) is 1. The summed E-state index contributed by atoms with van der Waals surface area (Å²) in [4.78, 5) is 3.76. The van der Waals surface area contributed by atoms with Gasteiger partial charge in [-0.1, -0.05) is 0 Å². The van der Waals surface area contributed by atoms with Crippen LogP contribution in [0.1, 0.15) is 6.92 Å². The first-order valence-electron chi connectivity index (χ1n) is 1.61. The SMILES string of the molecule is CN=C(C)SN. The summed E-state index contributed by atoms with van der Waals surface area (Å²) in [6, 6.07) is 0. The van der Waals surface area contributed by atoms with Crippen LogP contribution in [0.3, 0.4) is 0 Å². The predicted octanol–water partition coefficient (Wildman–Crippen LogP) is 0.642. The summed E-state index contributed by atoms with van der Waals surface area (Å²) in [5, 5.41) is 5.98. The van der Waals surface area contributed by atoms with Crippen molar-refractivity contribution >= 4 is 17.0 Å². The zero-order valence-electron chi connectivity index (χ0n) is 3.93. The molecule has 2 N–H and O–H groups in total. The fraction of sp³-hybridized carbons (Fsp3) is 0.667. The third kappa shape index (κ3) is 2.23. The Bertz CT molecular complexity index is 59.8. The van der Waals surface area contributed by atoms with Gasteiger partial charge in [0.25, 0.3) is 0 Å². The van der Waals surface area contributed by atoms with Crippen molar-refractivity contribution in [1.82, 2.24) is 0 Å². The van der Waals surface area contributed by atoms with Crippen molar-refractivity contribution in [2.75, 3.05) is 7.05 Å². The third-order valence-corrected chi connectivity index (χ3v) is 1.01. The van der Waals surface area contributed by atoms with Crippen LogP contribution < -0.4 is 5.14 Å². The minimum Gasteiger partial charge on any atom is -0.285 e. The minimum absolute atomic E-state index is 0.912. The summed E-state index contributed by atoms with van der Waals surface area (Å²) >= 11 is 1.17. The molecule has 6 heavy (non-hydrogen) atoms. The number of aliphatic imine (C=N–C) groups is 1. The molecule has 0 saturated carbocycles. The van der Waals surface area contributed by atoms with Gasteiger partial charge in [0.15, 0.2) is 0 Å². The molecule has 0 rings (SSSR count). The van der Waals surface area contributed by atoms with E-state index in [-0.39, 0.29) is 0 Å². The van der Waals surface area contributed by atoms with E-state index in [1.54, 1.807) is 7.05 Å². The van der Waals surface area contributed by atoms with E-state index < -0.39 is 0 Å². The van der Waals surface area contributed by atoms with Gasteiger partial charge in [-0.3, -0.25) is 10.1 Å². The Morgan fingerprint density at radius 2 is 2.33 bits per heavy atom. The van der Waals surface area contributed by atoms with E-state index in [2.05, 4.69) is 4.99 Å². The zero-order valence-corrected chi connectivity index (χ0v) is 4.75. The number of hydrogen-bond acceptors (Lipinski definition) is 3. The lowest BCUT2D eigenvalue weighted by molar-refractivity contribution is 1.45. The Balaban J connectivity index is 3.22. The van der Waals surface area contributed by atoms with Gasteiger partial charge in [0.2, 0.25) is 0 Å². The van der Waals surface area contributed by atoms with Crippen LogP contribution in [0.5, 0.6) is 0 Å². The van der Waals surface area contributed by atoms with Gasteiger partial charge < -0.3 is 0 Å². The minimum atomic E-state index is 0.912. The molecule has 0 amide bonds. The van der Waals surface area contributed by atoms with Crippen molar-refractivity contribution in [2.24, 2.45) is 10.1 Å². The van der Waals surface area contributed by atoms with Gasteiger partial charge in [-0.05, 0) is 18.9 Å². The molecular weight excluding hydrogens is 96.1 g/mol. The fourth-order valence-electron chi connectivity index (χ4n) is 0.0527. The monoisotopic (exact) mass is 104 g/mol. The quantitative estimate of drug-likeness (QED) is 0.278. The first-order valence-corrected chi connectivity index (χ1v) is 2.49. The predicted molar refractivity (Wildman–Crippen MR) is 30.8 cm³/mol. The van der Waals surface area contributed by atoms with Crippen molar-refractivity contribution in [3.05, 3.63) is 0 Å². The number of nitrogens with two attached hydrogens (primary N) is 1. The van der Waals surface area contributed by atoms with Crippen LogP contribution in [-0.4, -0.2) is 12.1 Å². The second-order valence-corrected chi connectivity index (χ2v) is 1.69. The molecular formula is C3H8N2S. The molecule has 0 heterocycles. The Hall–Kier alpha value is -0.0200. The van der Waals surface area contributed by atoms with Crippen molar-refractivity contribution < 1.29 is 0 Å². The van der Waals surface area contributed by atoms with Crippen LogP contribution in [0.2, 0.25) is 0 Å². The van der Waals surface area contributed by atoms with Crippen molar-refractivity contribution in [2.45, 2.75) is 6.92 Å². The first kappa shape index (κ1) is 5.98. The Labute approximate surface area is 42.0 Å². The molecule has 0 aromatic heterocycles. The van der Waals surface area contributed by atoms with Crippen molar-refractivity contribution in [3.63, 3.8) is 0 Å². The molecule has 0 aromatic carbocycles. The van der Waals surface area contributed by atoms with Crippen LogP contribution >= 0.6 is 11.9 Å². The smallest absolute Gasteiger partial charge is 0.0790 e. The highest BCUT2D eigenvalue weighted by molar-refractivity contribution is 8.11. The molecule has 0 spiro atoms. The van der Waals surface area contributed by atoms with Gasteiger partial charge >= 0.3 is 0 Å². The summed E-state index contributed by atoms with van der Waals surface area (Å²) in [7, 11) is 1.72. The summed E-state index contributed by atoms with van der Waals surface area (Å²) in [6.45, 7) is 1.87. The van der Waals surface area contributed by atoms with Gasteiger partial charge in [0.1, 0.15) is 0 Å². The average molecular weight is 104 g/mol. The lowest BCUT2D eigenvalue weighted by Gasteiger charge is -1.83. The third-order valence-electron chi connectivity index (χ3n) is 0.485. The maximum absolute atomic E-state index is 5.07. The molecule has 0 fully saturated rings. The molecule has 0 unspecified atom stereocenters. The first-order chi connectivity index (χ1) is 2.81. The maximum Gasteiger partial charge on any atom is 0.0790 e. The average Bonchev–Trinajstić information content (AvgIpc) is 1.65. The molecule has 2 nitrogen and oxygen atoms in total. The topological polar surface area (TPSA) is 38.4 Å². The largest absolute Gasteiger partial charge is 0.285 e. The molecule has 0 aliphatic carbocycles. The molecule has 0 atom stereocenters. The highest BCUT2D eigenvalue weighted by Gasteiger charge is 1.76. The Morgan fingerprint density at radius 1 is 1.83 bits per heavy atom. The standard InChI is InChI=1S/C3H8N2S/c1-3(5-2)6-4/h4H2,1-2H3. The molecule has 0 aliphatic rings. The molecule has 0 aromatic rings. The molecule has 36 valence electrons. The maximum atomic E-state index is 5.07. The molecule has 0 bridgehead atoms. The summed E-state index contributed by atoms with van der Waals surface area (Å²) in [5.41, 5.74) is 0. The van der Waals surface area contributed by atoms with E-state index in [9.17, 15) is 0 Å². The zero-order chi connectivity index (χ0) is 4.99. The summed E-state index contributed by atoms with van der Waals surface area (Å²) in [5.74, 6) is 0. The van der Waals surface area contributed by atoms with E-state index in [0.29, 0.717) is 0 Å². The normalized spacial score (nSPS) is 12.2. The fourth-order valence-corrected chi connectivity index (χ4v) is 0.158. The van der Waals surface area contributed by atoms with Gasteiger partial charge in [0.05, 0.1) is 5.04 Å². The van der Waals surface area contributed by atoms with E-state index in [1.165, 1.54) is 11.9 Å². The van der Waals surface area contributed by atoms with Crippen LogP contribution in [-0.2, 0) is 0 Å². The van der Waals surface area contributed by atoms with E-state index >= 15 is 0 Å². The molecule has 3 heteroatoms. The van der Waals surface area contributed by atoms with Crippen molar-refractivity contribution in [3.8, 4) is 0 Å². The molecule has 0 aliphatic heterocycles. The Morgan fingerprint density at radius 3 is 2.33 bits per heavy atom. The second-order valence-electron chi connectivity index (χ2n) is 0.860. The summed E-state index contributed by atoms with van der Waals surface area (Å²) < 4.78 is 0. The number of rotatable bonds is 0. The Kier molecular flexibility index (Phi) is 3.17. The van der Waals surface area contributed by atoms with Crippen LogP contribution in [0.4, 0.5) is 0 Å². The van der Waals surface area contributed by atoms with Crippen LogP contribution in [0.15, 0.2) is 4.99 Å². The molecule has 0 radical (unpaired) electrons. The van der Waals surface area contributed by atoms with Gasteiger partial charge in [-0.25, -0.2) is 0 Å². The summed E-state index contributed by atoms with van der Waals surface area (Å²) in [6.07, 6.45) is 0. The van der Waals surface area contributed by atoms with Crippen LogP contribution in [0, 0.1) is 0 Å². The van der Waals surface area contributed by atoms with Crippen LogP contribution in [0.25, 0.3) is 0 Å². The van der Waals surface area contributed by atoms with E-state index in [4.69, 9.17) is 5.14 Å². The van der Waals surface area contributed by atoms with E-state index in [0.717, 1.165) is 5.04 Å². The highest BCUT2D eigenvalue weighted by atomic mass is 32.2. The second kappa shape index (κ2) is 3.18. The van der Waals surface area contributed by atoms with E-state index in [1.807, 2.05) is 6.92 Å². The van der Waals surface area contributed by atoms with Gasteiger partial charge in [0, 0.05) is 7.05 Å². The van der Waals surface area contributed by atoms with Gasteiger partial charge in [-0.15, -0.1) is 0 Å². The lowest BCUT2D eigenvalue weighted by atomic mass is 10.9. The highest BCUT2D eigenvalue weighted by Crippen LogP contribution is 1.87. The number of nitrogens with zero attached hydrogens (tertiary/aromatic N) is 1. The van der Waals surface area contributed by atoms with Gasteiger partial charge in [-0.2, -0.15) is 0 Å². The van der Waals surface area contributed by atoms with Crippen molar-refractivity contribution in [1.29, 1.82) is 0 Å². The molecule has 0 saturated heterocycles. The lowest BCUT2D eigenvalue weighted by Crippen LogP contribution is -1.87.